The van der Waals surface area contributed by atoms with Crippen LogP contribution in [-0.2, 0) is 19.3 Å². The standard InChI is InChI=1S/C26H44O5/c1-5-9-10-11-12-13-14-15-19-30-24-22(18-8-4)20(16-6-2)21(17-7-3)23(27)25(24)31-26(28)29/h27H,5-19H2,1-4H3,(H,28,29). The number of hydrogen-bond donors (Lipinski definition) is 2. The molecule has 0 aliphatic heterocycles. The van der Waals surface area contributed by atoms with Crippen LogP contribution in [0.1, 0.15) is 115 Å². The highest BCUT2D eigenvalue weighted by molar-refractivity contribution is 5.70. The van der Waals surface area contributed by atoms with Crippen LogP contribution < -0.4 is 9.47 Å². The van der Waals surface area contributed by atoms with Gasteiger partial charge >= 0.3 is 6.16 Å². The van der Waals surface area contributed by atoms with Crippen molar-refractivity contribution in [3.05, 3.63) is 16.7 Å². The van der Waals surface area contributed by atoms with E-state index in [0.717, 1.165) is 61.6 Å². The largest absolute Gasteiger partial charge is 0.511 e. The zero-order valence-electron chi connectivity index (χ0n) is 20.2. The molecule has 0 heterocycles. The number of hydrogen-bond acceptors (Lipinski definition) is 4. The highest BCUT2D eigenvalue weighted by Crippen LogP contribution is 2.46. The van der Waals surface area contributed by atoms with Crippen molar-refractivity contribution >= 4 is 6.16 Å². The van der Waals surface area contributed by atoms with Crippen molar-refractivity contribution in [3.8, 4) is 17.2 Å². The molecule has 1 rings (SSSR count). The molecule has 0 amide bonds. The van der Waals surface area contributed by atoms with E-state index in [-0.39, 0.29) is 11.5 Å². The monoisotopic (exact) mass is 436 g/mol. The van der Waals surface area contributed by atoms with Crippen LogP contribution in [0, 0.1) is 0 Å². The normalized spacial score (nSPS) is 11.0. The minimum Gasteiger partial charge on any atom is -0.504 e. The Bertz CT molecular complexity index is 654. The third-order valence-electron chi connectivity index (χ3n) is 5.64. The molecule has 0 radical (unpaired) electrons. The van der Waals surface area contributed by atoms with Crippen molar-refractivity contribution in [2.24, 2.45) is 0 Å². The SMILES string of the molecule is CCCCCCCCCCOc1c(CCC)c(CCC)c(CCC)c(O)c1OC(=O)O. The number of aromatic hydroxyl groups is 1. The Hall–Kier alpha value is -1.91. The molecule has 0 unspecified atom stereocenters. The van der Waals surface area contributed by atoms with Crippen molar-refractivity contribution in [3.63, 3.8) is 0 Å². The Morgan fingerprint density at radius 1 is 0.677 bits per heavy atom. The van der Waals surface area contributed by atoms with Crippen LogP contribution in [0.2, 0.25) is 0 Å². The highest BCUT2D eigenvalue weighted by Gasteiger charge is 2.26. The Balaban J connectivity index is 3.04. The summed E-state index contributed by atoms with van der Waals surface area (Å²) < 4.78 is 11.2. The fraction of sp³-hybridized carbons (Fsp3) is 0.731. The lowest BCUT2D eigenvalue weighted by molar-refractivity contribution is 0.140. The maximum atomic E-state index is 11.4. The average molecular weight is 437 g/mol. The molecule has 0 spiro atoms. The van der Waals surface area contributed by atoms with Crippen LogP contribution in [0.25, 0.3) is 0 Å². The Kier molecular flexibility index (Phi) is 13.8. The highest BCUT2D eigenvalue weighted by atomic mass is 16.7. The molecule has 0 aliphatic carbocycles. The molecular formula is C26H44O5. The molecule has 0 fully saturated rings. The summed E-state index contributed by atoms with van der Waals surface area (Å²) in [7, 11) is 0. The summed E-state index contributed by atoms with van der Waals surface area (Å²) in [5.74, 6) is 0.324. The lowest BCUT2D eigenvalue weighted by Gasteiger charge is -2.23. The van der Waals surface area contributed by atoms with E-state index in [1.165, 1.54) is 38.5 Å². The van der Waals surface area contributed by atoms with Gasteiger partial charge in [0.15, 0.2) is 11.5 Å². The van der Waals surface area contributed by atoms with Gasteiger partial charge in [-0.15, -0.1) is 0 Å². The topological polar surface area (TPSA) is 76.0 Å². The molecular weight excluding hydrogens is 392 g/mol. The Morgan fingerprint density at radius 3 is 1.74 bits per heavy atom. The second-order valence-electron chi connectivity index (χ2n) is 8.38. The summed E-state index contributed by atoms with van der Waals surface area (Å²) in [6.07, 6.45) is 13.2. The first kappa shape index (κ1) is 27.1. The van der Waals surface area contributed by atoms with Crippen LogP contribution in [0.3, 0.4) is 0 Å². The van der Waals surface area contributed by atoms with E-state index in [2.05, 4.69) is 27.7 Å². The minimum absolute atomic E-state index is 0.0289. The zero-order chi connectivity index (χ0) is 23.1. The first-order valence-corrected chi connectivity index (χ1v) is 12.4. The second kappa shape index (κ2) is 15.8. The predicted octanol–water partition coefficient (Wildman–Crippen LogP) is 7.83. The van der Waals surface area contributed by atoms with Crippen LogP contribution in [-0.4, -0.2) is 23.0 Å². The summed E-state index contributed by atoms with van der Waals surface area (Å²) in [5.41, 5.74) is 2.91. The number of carbonyl (C=O) groups is 1. The van der Waals surface area contributed by atoms with Crippen molar-refractivity contribution in [2.45, 2.75) is 118 Å². The van der Waals surface area contributed by atoms with Crippen molar-refractivity contribution in [1.82, 2.24) is 0 Å². The number of rotatable bonds is 17. The second-order valence-corrected chi connectivity index (χ2v) is 8.38. The number of carboxylic acid groups (broad SMARTS) is 1. The number of benzene rings is 1. The van der Waals surface area contributed by atoms with Crippen LogP contribution in [0.4, 0.5) is 4.79 Å². The van der Waals surface area contributed by atoms with Crippen LogP contribution in [0.5, 0.6) is 17.2 Å². The maximum absolute atomic E-state index is 11.4. The molecule has 0 saturated carbocycles. The third-order valence-corrected chi connectivity index (χ3v) is 5.64. The summed E-state index contributed by atoms with van der Waals surface area (Å²) in [6.45, 7) is 9.00. The average Bonchev–Trinajstić information content (AvgIpc) is 2.74. The van der Waals surface area contributed by atoms with Gasteiger partial charge in [0, 0.05) is 11.1 Å². The van der Waals surface area contributed by atoms with E-state index >= 15 is 0 Å². The molecule has 5 heteroatoms. The first-order chi connectivity index (χ1) is 15.0. The minimum atomic E-state index is -1.43. The van der Waals surface area contributed by atoms with E-state index in [9.17, 15) is 15.0 Å². The van der Waals surface area contributed by atoms with Gasteiger partial charge in [-0.1, -0.05) is 91.9 Å². The molecule has 178 valence electrons. The molecule has 31 heavy (non-hydrogen) atoms. The van der Waals surface area contributed by atoms with Gasteiger partial charge in [0.05, 0.1) is 6.61 Å². The molecule has 5 nitrogen and oxygen atoms in total. The summed E-state index contributed by atoms with van der Waals surface area (Å²) in [6, 6.07) is 0. The summed E-state index contributed by atoms with van der Waals surface area (Å²) in [5, 5.41) is 20.2. The van der Waals surface area contributed by atoms with E-state index in [1.807, 2.05) is 0 Å². The van der Waals surface area contributed by atoms with Crippen LogP contribution >= 0.6 is 0 Å². The van der Waals surface area contributed by atoms with Gasteiger partial charge in [-0.2, -0.15) is 0 Å². The molecule has 1 aromatic carbocycles. The van der Waals surface area contributed by atoms with Gasteiger partial charge in [-0.05, 0) is 31.2 Å². The van der Waals surface area contributed by atoms with Gasteiger partial charge in [-0.25, -0.2) is 4.79 Å². The summed E-state index contributed by atoms with van der Waals surface area (Å²) >= 11 is 0. The van der Waals surface area contributed by atoms with Gasteiger partial charge in [-0.3, -0.25) is 0 Å². The number of unbranched alkanes of at least 4 members (excludes halogenated alkanes) is 7. The molecule has 0 bridgehead atoms. The van der Waals surface area contributed by atoms with E-state index in [1.54, 1.807) is 0 Å². The quantitative estimate of drug-likeness (QED) is 0.148. The molecule has 2 N–H and O–H groups in total. The molecule has 0 aromatic heterocycles. The lowest BCUT2D eigenvalue weighted by Crippen LogP contribution is -2.12. The van der Waals surface area contributed by atoms with Gasteiger partial charge in [0.2, 0.25) is 5.75 Å². The molecule has 0 aliphatic rings. The van der Waals surface area contributed by atoms with Gasteiger partial charge in [0.25, 0.3) is 0 Å². The third kappa shape index (κ3) is 9.00. The predicted molar refractivity (Wildman–Crippen MR) is 127 cm³/mol. The van der Waals surface area contributed by atoms with Gasteiger partial charge in [0.1, 0.15) is 0 Å². The Morgan fingerprint density at radius 2 is 1.19 bits per heavy atom. The van der Waals surface area contributed by atoms with Crippen molar-refractivity contribution in [1.29, 1.82) is 0 Å². The lowest BCUT2D eigenvalue weighted by atomic mass is 9.90. The zero-order valence-corrected chi connectivity index (χ0v) is 20.2. The van der Waals surface area contributed by atoms with E-state index in [0.29, 0.717) is 18.8 Å². The number of phenols is 1. The van der Waals surface area contributed by atoms with Crippen molar-refractivity contribution < 1.29 is 24.5 Å². The maximum Gasteiger partial charge on any atom is 0.511 e. The van der Waals surface area contributed by atoms with Gasteiger partial charge < -0.3 is 19.7 Å². The molecule has 0 atom stereocenters. The smallest absolute Gasteiger partial charge is 0.504 e. The fourth-order valence-corrected chi connectivity index (χ4v) is 4.17. The summed E-state index contributed by atoms with van der Waals surface area (Å²) in [4.78, 5) is 11.4. The number of phenolic OH excluding ortho intramolecular Hbond substituents is 1. The molecule has 1 aromatic rings. The number of ether oxygens (including phenoxy) is 2. The fourth-order valence-electron chi connectivity index (χ4n) is 4.17. The van der Waals surface area contributed by atoms with E-state index < -0.39 is 6.16 Å². The van der Waals surface area contributed by atoms with Crippen LogP contribution in [0.15, 0.2) is 0 Å². The first-order valence-electron chi connectivity index (χ1n) is 12.4. The molecule has 0 saturated heterocycles. The van der Waals surface area contributed by atoms with E-state index in [4.69, 9.17) is 9.47 Å². The Labute approximate surface area is 189 Å². The van der Waals surface area contributed by atoms with Crippen molar-refractivity contribution in [2.75, 3.05) is 6.61 Å².